The Hall–Kier alpha value is -3.91. The van der Waals surface area contributed by atoms with Crippen molar-refractivity contribution in [3.8, 4) is 22.8 Å². The number of pyridine rings is 1. The minimum absolute atomic E-state index is 0.137. The highest BCUT2D eigenvalue weighted by molar-refractivity contribution is 6.06. The molecule has 6 rings (SSSR count). The number of benzene rings is 2. The number of aryl methyl sites for hydroxylation is 1. The third-order valence-corrected chi connectivity index (χ3v) is 7.25. The molecule has 0 aliphatic carbocycles. The molecule has 0 unspecified atom stereocenters. The average molecular weight is 485 g/mol. The van der Waals surface area contributed by atoms with Gasteiger partial charge in [0.15, 0.2) is 17.1 Å². The van der Waals surface area contributed by atoms with Crippen LogP contribution in [0.2, 0.25) is 0 Å². The fourth-order valence-corrected chi connectivity index (χ4v) is 5.12. The quantitative estimate of drug-likeness (QED) is 0.439. The van der Waals surface area contributed by atoms with E-state index in [1.165, 1.54) is 0 Å². The maximum atomic E-state index is 13.7. The first-order chi connectivity index (χ1) is 17.7. The number of aromatic nitrogens is 3. The van der Waals surface area contributed by atoms with Gasteiger partial charge in [0.25, 0.3) is 5.91 Å². The number of hydrogen-bond donors (Lipinski definition) is 1. The lowest BCUT2D eigenvalue weighted by molar-refractivity contribution is 0.0486. The third-order valence-electron chi connectivity index (χ3n) is 7.25. The average Bonchev–Trinajstić information content (AvgIpc) is 3.58. The summed E-state index contributed by atoms with van der Waals surface area (Å²) in [6.45, 7) is 4.70. The predicted molar refractivity (Wildman–Crippen MR) is 135 cm³/mol. The molecule has 8 nitrogen and oxygen atoms in total. The highest BCUT2D eigenvalue weighted by atomic mass is 16.7. The second-order valence-corrected chi connectivity index (χ2v) is 9.26. The molecule has 0 atom stereocenters. The zero-order valence-corrected chi connectivity index (χ0v) is 20.2. The van der Waals surface area contributed by atoms with E-state index in [-0.39, 0.29) is 18.1 Å². The van der Waals surface area contributed by atoms with E-state index in [0.29, 0.717) is 37.5 Å². The van der Waals surface area contributed by atoms with Crippen molar-refractivity contribution in [3.05, 3.63) is 71.9 Å². The van der Waals surface area contributed by atoms with E-state index < -0.39 is 0 Å². The molecule has 4 heterocycles. The lowest BCUT2D eigenvalue weighted by Crippen LogP contribution is -2.44. The van der Waals surface area contributed by atoms with Gasteiger partial charge < -0.3 is 19.5 Å². The van der Waals surface area contributed by atoms with Crippen molar-refractivity contribution < 1.29 is 19.0 Å². The van der Waals surface area contributed by atoms with Crippen LogP contribution in [0.3, 0.4) is 0 Å². The van der Waals surface area contributed by atoms with E-state index in [0.717, 1.165) is 46.5 Å². The second kappa shape index (κ2) is 9.28. The number of rotatable bonds is 6. The molecule has 184 valence electrons. The van der Waals surface area contributed by atoms with E-state index >= 15 is 0 Å². The Morgan fingerprint density at radius 2 is 1.86 bits per heavy atom. The molecule has 0 radical (unpaired) electrons. The van der Waals surface area contributed by atoms with Crippen molar-refractivity contribution in [2.24, 2.45) is 0 Å². The van der Waals surface area contributed by atoms with Crippen LogP contribution < -0.4 is 14.8 Å². The number of hydrogen-bond acceptors (Lipinski definition) is 6. The molecule has 8 heteroatoms. The number of carbonyl (C=O) groups excluding carboxylic acids is 1. The van der Waals surface area contributed by atoms with Gasteiger partial charge in [-0.15, -0.1) is 0 Å². The fourth-order valence-electron chi connectivity index (χ4n) is 5.12. The van der Waals surface area contributed by atoms with E-state index in [4.69, 9.17) is 19.2 Å². The number of amides is 1. The highest BCUT2D eigenvalue weighted by Crippen LogP contribution is 2.40. The minimum atomic E-state index is -0.253. The monoisotopic (exact) mass is 484 g/mol. The first-order valence-corrected chi connectivity index (χ1v) is 12.3. The molecule has 1 amide bonds. The maximum Gasteiger partial charge on any atom is 0.252 e. The Bertz CT molecular complexity index is 1410. The minimum Gasteiger partial charge on any atom is -0.454 e. The molecular formula is C28H28N4O4. The van der Waals surface area contributed by atoms with Crippen molar-refractivity contribution in [2.75, 3.05) is 26.6 Å². The lowest BCUT2D eigenvalue weighted by Gasteiger charge is -2.38. The molecule has 1 fully saturated rings. The van der Waals surface area contributed by atoms with Gasteiger partial charge in [0.05, 0.1) is 22.8 Å². The molecule has 1 saturated heterocycles. The molecule has 2 aromatic carbocycles. The van der Waals surface area contributed by atoms with Crippen LogP contribution in [0, 0.1) is 0 Å². The van der Waals surface area contributed by atoms with Crippen molar-refractivity contribution in [1.82, 2.24) is 20.1 Å². The SMILES string of the molecule is CCn1ncc2c(C(=O)NCC3(c4ccc5c(c4)OCO5)CCOCC3)cc(-c3ccccc3)nc21. The Morgan fingerprint density at radius 1 is 1.06 bits per heavy atom. The molecule has 1 N–H and O–H groups in total. The van der Waals surface area contributed by atoms with E-state index in [1.807, 2.05) is 60.1 Å². The van der Waals surface area contributed by atoms with Gasteiger partial charge in [0.2, 0.25) is 6.79 Å². The van der Waals surface area contributed by atoms with Gasteiger partial charge in [-0.05, 0) is 43.5 Å². The van der Waals surface area contributed by atoms with Crippen molar-refractivity contribution in [2.45, 2.75) is 31.7 Å². The molecule has 2 aliphatic rings. The molecular weight excluding hydrogens is 456 g/mol. The first-order valence-electron chi connectivity index (χ1n) is 12.3. The van der Waals surface area contributed by atoms with Crippen LogP contribution in [0.1, 0.15) is 35.7 Å². The zero-order valence-electron chi connectivity index (χ0n) is 20.2. The van der Waals surface area contributed by atoms with E-state index in [9.17, 15) is 4.79 Å². The van der Waals surface area contributed by atoms with Gasteiger partial charge >= 0.3 is 0 Å². The molecule has 2 aromatic heterocycles. The summed E-state index contributed by atoms with van der Waals surface area (Å²) in [5, 5.41) is 8.46. The number of ether oxygens (including phenoxy) is 3. The topological polar surface area (TPSA) is 87.5 Å². The Balaban J connectivity index is 1.34. The normalized spacial score (nSPS) is 16.2. The van der Waals surface area contributed by atoms with E-state index in [1.54, 1.807) is 6.20 Å². The number of nitrogens with one attached hydrogen (secondary N) is 1. The Labute approximate surface area is 209 Å². The van der Waals surface area contributed by atoms with Gasteiger partial charge in [-0.1, -0.05) is 36.4 Å². The third kappa shape index (κ3) is 3.97. The smallest absolute Gasteiger partial charge is 0.252 e. The van der Waals surface area contributed by atoms with Gasteiger partial charge in [-0.3, -0.25) is 4.79 Å². The van der Waals surface area contributed by atoms with Crippen molar-refractivity contribution >= 4 is 16.9 Å². The largest absolute Gasteiger partial charge is 0.454 e. The van der Waals surface area contributed by atoms with Gasteiger partial charge in [0.1, 0.15) is 0 Å². The second-order valence-electron chi connectivity index (χ2n) is 9.26. The van der Waals surface area contributed by atoms with Crippen LogP contribution in [-0.2, 0) is 16.7 Å². The van der Waals surface area contributed by atoms with Crippen LogP contribution in [0.25, 0.3) is 22.3 Å². The summed E-state index contributed by atoms with van der Waals surface area (Å²) in [5.41, 5.74) is 3.86. The van der Waals surface area contributed by atoms with Crippen LogP contribution in [-0.4, -0.2) is 47.2 Å². The van der Waals surface area contributed by atoms with Gasteiger partial charge in [-0.25, -0.2) is 9.67 Å². The fraction of sp³-hybridized carbons (Fsp3) is 0.321. The summed E-state index contributed by atoms with van der Waals surface area (Å²) < 4.78 is 18.6. The zero-order chi connectivity index (χ0) is 24.5. The number of nitrogens with zero attached hydrogens (tertiary/aromatic N) is 3. The summed E-state index contributed by atoms with van der Waals surface area (Å²) in [6, 6.07) is 17.8. The Kier molecular flexibility index (Phi) is 5.81. The first kappa shape index (κ1) is 22.5. The van der Waals surface area contributed by atoms with Crippen LogP contribution in [0.15, 0.2) is 60.8 Å². The number of fused-ring (bicyclic) bond motifs is 2. The number of carbonyl (C=O) groups is 1. The summed E-state index contributed by atoms with van der Waals surface area (Å²) in [7, 11) is 0. The summed E-state index contributed by atoms with van der Waals surface area (Å²) in [6.07, 6.45) is 3.35. The summed E-state index contributed by atoms with van der Waals surface area (Å²) in [5.74, 6) is 1.37. The van der Waals surface area contributed by atoms with Gasteiger partial charge in [-0.2, -0.15) is 5.10 Å². The van der Waals surface area contributed by atoms with Crippen LogP contribution in [0.5, 0.6) is 11.5 Å². The maximum absolute atomic E-state index is 13.7. The molecule has 0 spiro atoms. The molecule has 36 heavy (non-hydrogen) atoms. The van der Waals surface area contributed by atoms with Gasteiger partial charge in [0, 0.05) is 37.3 Å². The van der Waals surface area contributed by atoms with Crippen molar-refractivity contribution in [3.63, 3.8) is 0 Å². The summed E-state index contributed by atoms with van der Waals surface area (Å²) in [4.78, 5) is 18.5. The van der Waals surface area contributed by atoms with Crippen LogP contribution >= 0.6 is 0 Å². The predicted octanol–water partition coefficient (Wildman–Crippen LogP) is 4.33. The Morgan fingerprint density at radius 3 is 2.67 bits per heavy atom. The van der Waals surface area contributed by atoms with E-state index in [2.05, 4.69) is 16.5 Å². The molecule has 4 aromatic rings. The van der Waals surface area contributed by atoms with Crippen molar-refractivity contribution in [1.29, 1.82) is 0 Å². The molecule has 0 bridgehead atoms. The molecule has 0 saturated carbocycles. The standard InChI is InChI=1S/C28H28N4O4/c1-2-32-26-22(16-30-32)21(15-23(31-26)19-6-4-3-5-7-19)27(33)29-17-28(10-12-34-13-11-28)20-8-9-24-25(14-20)36-18-35-24/h3-9,14-16H,2,10-13,17-18H2,1H3,(H,29,33). The van der Waals surface area contributed by atoms with Crippen LogP contribution in [0.4, 0.5) is 0 Å². The summed E-state index contributed by atoms with van der Waals surface area (Å²) >= 11 is 0. The molecule has 2 aliphatic heterocycles. The lowest BCUT2D eigenvalue weighted by atomic mass is 9.74. The highest BCUT2D eigenvalue weighted by Gasteiger charge is 2.36.